The highest BCUT2D eigenvalue weighted by molar-refractivity contribution is 7.91. The third-order valence-electron chi connectivity index (χ3n) is 5.81. The topological polar surface area (TPSA) is 105 Å². The highest BCUT2D eigenvalue weighted by Crippen LogP contribution is 2.21. The molecule has 9 heteroatoms. The van der Waals surface area contributed by atoms with Crippen LogP contribution in [0.25, 0.3) is 0 Å². The summed E-state index contributed by atoms with van der Waals surface area (Å²) in [4.78, 5) is 26.6. The summed E-state index contributed by atoms with van der Waals surface area (Å²) in [5, 5.41) is 5.27. The van der Waals surface area contributed by atoms with Gasteiger partial charge >= 0.3 is 6.03 Å². The number of methoxy groups -OCH3 is 1. The molecule has 2 fully saturated rings. The number of benzene rings is 1. The van der Waals surface area contributed by atoms with E-state index in [0.29, 0.717) is 13.0 Å². The summed E-state index contributed by atoms with van der Waals surface area (Å²) in [5.74, 6) is 0.456. The van der Waals surface area contributed by atoms with Crippen molar-refractivity contribution in [2.24, 2.45) is 0 Å². The van der Waals surface area contributed by atoms with Crippen molar-refractivity contribution >= 4 is 21.8 Å². The lowest BCUT2D eigenvalue weighted by Crippen LogP contribution is -2.49. The molecule has 0 bridgehead atoms. The summed E-state index contributed by atoms with van der Waals surface area (Å²) in [6.07, 6.45) is 5.72. The standard InChI is InChI=1S/C21H31N3O5S/c1-29-19-9-7-16(8-10-19)13-24(18-11-12-30(27,28)15-18)14-20(25)23-21(26)22-17-5-3-2-4-6-17/h7-10,17-18H,2-6,11-15H2,1H3,(H2,22,23,25,26). The Labute approximate surface area is 178 Å². The van der Waals surface area contributed by atoms with Crippen LogP contribution < -0.4 is 15.4 Å². The monoisotopic (exact) mass is 437 g/mol. The van der Waals surface area contributed by atoms with Gasteiger partial charge in [0.1, 0.15) is 5.75 Å². The Morgan fingerprint density at radius 2 is 1.80 bits per heavy atom. The van der Waals surface area contributed by atoms with Crippen LogP contribution in [0.1, 0.15) is 44.1 Å². The van der Waals surface area contributed by atoms with Gasteiger partial charge in [0, 0.05) is 18.6 Å². The highest BCUT2D eigenvalue weighted by Gasteiger charge is 2.33. The van der Waals surface area contributed by atoms with Crippen molar-refractivity contribution in [1.82, 2.24) is 15.5 Å². The maximum absolute atomic E-state index is 12.5. The Morgan fingerprint density at radius 3 is 2.40 bits per heavy atom. The third kappa shape index (κ3) is 6.70. The lowest BCUT2D eigenvalue weighted by atomic mass is 9.96. The molecule has 1 aliphatic carbocycles. The van der Waals surface area contributed by atoms with E-state index in [1.807, 2.05) is 29.2 Å². The number of ether oxygens (including phenoxy) is 1. The number of amides is 3. The maximum Gasteiger partial charge on any atom is 0.321 e. The van der Waals surface area contributed by atoms with Crippen LogP contribution in [0.3, 0.4) is 0 Å². The molecule has 1 aliphatic heterocycles. The number of carbonyl (C=O) groups excluding carboxylic acids is 2. The average molecular weight is 438 g/mol. The van der Waals surface area contributed by atoms with Crippen molar-refractivity contribution in [2.45, 2.75) is 57.2 Å². The summed E-state index contributed by atoms with van der Waals surface area (Å²) in [7, 11) is -1.50. The first-order chi connectivity index (χ1) is 14.3. The fourth-order valence-corrected chi connectivity index (χ4v) is 5.92. The van der Waals surface area contributed by atoms with Crippen LogP contribution in [0.4, 0.5) is 4.79 Å². The zero-order valence-electron chi connectivity index (χ0n) is 17.4. The summed E-state index contributed by atoms with van der Waals surface area (Å²) >= 11 is 0. The van der Waals surface area contributed by atoms with Gasteiger partial charge in [-0.2, -0.15) is 0 Å². The molecule has 3 rings (SSSR count). The molecule has 0 aromatic heterocycles. The normalized spacial score (nSPS) is 21.3. The molecule has 0 spiro atoms. The van der Waals surface area contributed by atoms with Crippen molar-refractivity contribution < 1.29 is 22.7 Å². The molecule has 3 amide bonds. The van der Waals surface area contributed by atoms with Crippen LogP contribution in [-0.2, 0) is 21.2 Å². The number of urea groups is 1. The zero-order chi connectivity index (χ0) is 21.6. The van der Waals surface area contributed by atoms with Gasteiger partial charge in [0.2, 0.25) is 5.91 Å². The second-order valence-corrected chi connectivity index (χ2v) is 10.4. The first-order valence-electron chi connectivity index (χ1n) is 10.5. The number of sulfone groups is 1. The Balaban J connectivity index is 1.60. The quantitative estimate of drug-likeness (QED) is 0.675. The number of imide groups is 1. The van der Waals surface area contributed by atoms with E-state index in [0.717, 1.165) is 37.0 Å². The van der Waals surface area contributed by atoms with Crippen LogP contribution in [0.2, 0.25) is 0 Å². The van der Waals surface area contributed by atoms with Gasteiger partial charge < -0.3 is 10.1 Å². The molecule has 166 valence electrons. The molecule has 1 aromatic carbocycles. The van der Waals surface area contributed by atoms with E-state index >= 15 is 0 Å². The lowest BCUT2D eigenvalue weighted by Gasteiger charge is -2.28. The summed E-state index contributed by atoms with van der Waals surface area (Å²) in [6, 6.07) is 6.83. The van der Waals surface area contributed by atoms with Crippen molar-refractivity contribution in [1.29, 1.82) is 0 Å². The second kappa shape index (κ2) is 10.3. The number of rotatable bonds is 7. The zero-order valence-corrected chi connectivity index (χ0v) is 18.2. The summed E-state index contributed by atoms with van der Waals surface area (Å²) in [5.41, 5.74) is 0.944. The van der Waals surface area contributed by atoms with Gasteiger partial charge in [-0.3, -0.25) is 15.0 Å². The summed E-state index contributed by atoms with van der Waals surface area (Å²) in [6.45, 7) is 0.381. The average Bonchev–Trinajstić information content (AvgIpc) is 3.08. The molecule has 0 radical (unpaired) electrons. The van der Waals surface area contributed by atoms with Crippen LogP contribution in [0.5, 0.6) is 5.75 Å². The molecule has 1 unspecified atom stereocenters. The lowest BCUT2D eigenvalue weighted by molar-refractivity contribution is -0.121. The van der Waals surface area contributed by atoms with Gasteiger partial charge in [-0.1, -0.05) is 31.4 Å². The van der Waals surface area contributed by atoms with Gasteiger partial charge in [0.25, 0.3) is 0 Å². The van der Waals surface area contributed by atoms with Gasteiger partial charge in [-0.15, -0.1) is 0 Å². The molecule has 1 saturated carbocycles. The predicted molar refractivity (Wildman–Crippen MR) is 114 cm³/mol. The SMILES string of the molecule is COc1ccc(CN(CC(=O)NC(=O)NC2CCCCC2)C2CCS(=O)(=O)C2)cc1. The first-order valence-corrected chi connectivity index (χ1v) is 12.3. The van der Waals surface area contributed by atoms with E-state index in [-0.39, 0.29) is 30.1 Å². The minimum Gasteiger partial charge on any atom is -0.497 e. The molecule has 1 heterocycles. The van der Waals surface area contributed by atoms with Crippen molar-refractivity contribution in [3.63, 3.8) is 0 Å². The van der Waals surface area contributed by atoms with Crippen molar-refractivity contribution in [3.8, 4) is 5.75 Å². The number of hydrogen-bond donors (Lipinski definition) is 2. The van der Waals surface area contributed by atoms with Crippen molar-refractivity contribution in [3.05, 3.63) is 29.8 Å². The second-order valence-electron chi connectivity index (χ2n) is 8.17. The molecule has 2 N–H and O–H groups in total. The van der Waals surface area contributed by atoms with E-state index in [1.165, 1.54) is 6.42 Å². The summed E-state index contributed by atoms with van der Waals surface area (Å²) < 4.78 is 29.1. The highest BCUT2D eigenvalue weighted by atomic mass is 32.2. The maximum atomic E-state index is 12.5. The molecule has 1 saturated heterocycles. The smallest absolute Gasteiger partial charge is 0.321 e. The van der Waals surface area contributed by atoms with E-state index in [9.17, 15) is 18.0 Å². The number of hydrogen-bond acceptors (Lipinski definition) is 6. The largest absolute Gasteiger partial charge is 0.497 e. The van der Waals surface area contributed by atoms with E-state index < -0.39 is 21.8 Å². The number of carbonyl (C=O) groups is 2. The molecule has 1 atom stereocenters. The van der Waals surface area contributed by atoms with E-state index in [4.69, 9.17) is 4.74 Å². The third-order valence-corrected chi connectivity index (χ3v) is 7.56. The van der Waals surface area contributed by atoms with Gasteiger partial charge in [0.05, 0.1) is 25.2 Å². The molecular formula is C21H31N3O5S. The fourth-order valence-electron chi connectivity index (χ4n) is 4.16. The Kier molecular flexibility index (Phi) is 7.71. The minimum absolute atomic E-state index is 0.0324. The number of nitrogens with zero attached hydrogens (tertiary/aromatic N) is 1. The molecule has 8 nitrogen and oxygen atoms in total. The molecule has 30 heavy (non-hydrogen) atoms. The fraction of sp³-hybridized carbons (Fsp3) is 0.619. The van der Waals surface area contributed by atoms with Gasteiger partial charge in [-0.25, -0.2) is 13.2 Å². The van der Waals surface area contributed by atoms with E-state index in [2.05, 4.69) is 10.6 Å². The van der Waals surface area contributed by atoms with Gasteiger partial charge in [0.15, 0.2) is 9.84 Å². The first kappa shape index (κ1) is 22.6. The Morgan fingerprint density at radius 1 is 1.10 bits per heavy atom. The molecular weight excluding hydrogens is 406 g/mol. The van der Waals surface area contributed by atoms with Gasteiger partial charge in [-0.05, 0) is 37.0 Å². The molecule has 1 aromatic rings. The van der Waals surface area contributed by atoms with Crippen LogP contribution >= 0.6 is 0 Å². The predicted octanol–water partition coefficient (Wildman–Crippen LogP) is 1.84. The van der Waals surface area contributed by atoms with Crippen LogP contribution in [0.15, 0.2) is 24.3 Å². The minimum atomic E-state index is -3.09. The Hall–Kier alpha value is -2.13. The molecule has 2 aliphatic rings. The van der Waals surface area contributed by atoms with Crippen LogP contribution in [-0.4, -0.2) is 62.5 Å². The Bertz CT molecular complexity index is 835. The number of nitrogens with one attached hydrogen (secondary N) is 2. The van der Waals surface area contributed by atoms with Crippen LogP contribution in [0, 0.1) is 0 Å². The van der Waals surface area contributed by atoms with Crippen molar-refractivity contribution in [2.75, 3.05) is 25.2 Å². The van der Waals surface area contributed by atoms with E-state index in [1.54, 1.807) is 7.11 Å².